The van der Waals surface area contributed by atoms with Crippen molar-refractivity contribution < 1.29 is 18.3 Å². The van der Waals surface area contributed by atoms with Crippen molar-refractivity contribution in [2.24, 2.45) is 17.8 Å². The highest BCUT2D eigenvalue weighted by Gasteiger charge is 2.54. The van der Waals surface area contributed by atoms with Crippen molar-refractivity contribution in [1.82, 2.24) is 4.98 Å². The molecule has 0 radical (unpaired) electrons. The number of aromatic nitrogens is 1. The number of hydrogen-bond acceptors (Lipinski definition) is 5. The Kier molecular flexibility index (Phi) is 4.94. The van der Waals surface area contributed by atoms with E-state index in [0.29, 0.717) is 11.3 Å². The number of aliphatic hydroxyl groups is 1. The standard InChI is InChI=1S/C24H28N2O4S/c1-15(27)26-22-10-9-20(24(28,18-5-6-18)19-7-8-19)12-21(22)17-4-11-23(25-13-17)31(29,30)14-16-2-3-16/h4,9-13,16,18-19,28H,2-3,5-8,14H2,1H3,(H,26,27). The lowest BCUT2D eigenvalue weighted by Crippen LogP contribution is -2.31. The number of carbonyl (C=O) groups excluding carboxylic acids is 1. The molecule has 0 unspecified atom stereocenters. The van der Waals surface area contributed by atoms with Crippen LogP contribution in [0.4, 0.5) is 5.69 Å². The van der Waals surface area contributed by atoms with Crippen molar-refractivity contribution in [3.05, 3.63) is 42.1 Å². The van der Waals surface area contributed by atoms with Gasteiger partial charge < -0.3 is 10.4 Å². The van der Waals surface area contributed by atoms with Crippen LogP contribution in [0.25, 0.3) is 11.1 Å². The second-order valence-corrected chi connectivity index (χ2v) is 11.4. The summed E-state index contributed by atoms with van der Waals surface area (Å²) in [5, 5.41) is 14.5. The van der Waals surface area contributed by atoms with E-state index in [9.17, 15) is 18.3 Å². The molecule has 2 aromatic rings. The van der Waals surface area contributed by atoms with Gasteiger partial charge in [0.05, 0.1) is 11.4 Å². The molecule has 1 amide bonds. The van der Waals surface area contributed by atoms with Gasteiger partial charge in [0.1, 0.15) is 0 Å². The minimum atomic E-state index is -3.38. The third kappa shape index (κ3) is 4.13. The van der Waals surface area contributed by atoms with Crippen molar-refractivity contribution in [2.75, 3.05) is 11.1 Å². The van der Waals surface area contributed by atoms with Gasteiger partial charge in [-0.25, -0.2) is 13.4 Å². The van der Waals surface area contributed by atoms with E-state index in [2.05, 4.69) is 10.3 Å². The molecule has 1 heterocycles. The van der Waals surface area contributed by atoms with Crippen LogP contribution in [0.5, 0.6) is 0 Å². The Bertz CT molecular complexity index is 1100. The van der Waals surface area contributed by atoms with E-state index in [4.69, 9.17) is 0 Å². The number of benzene rings is 1. The summed E-state index contributed by atoms with van der Waals surface area (Å²) >= 11 is 0. The van der Waals surface area contributed by atoms with Gasteiger partial charge in [-0.05, 0) is 86.1 Å². The normalized spacial score (nSPS) is 19.3. The topological polar surface area (TPSA) is 96.4 Å². The molecule has 31 heavy (non-hydrogen) atoms. The van der Waals surface area contributed by atoms with Crippen molar-refractivity contribution in [3.63, 3.8) is 0 Å². The van der Waals surface area contributed by atoms with Gasteiger partial charge in [-0.15, -0.1) is 0 Å². The first-order valence-corrected chi connectivity index (χ1v) is 12.8. The van der Waals surface area contributed by atoms with E-state index in [0.717, 1.165) is 49.7 Å². The van der Waals surface area contributed by atoms with Crippen LogP contribution < -0.4 is 5.32 Å². The Morgan fingerprint density at radius 2 is 1.77 bits per heavy atom. The van der Waals surface area contributed by atoms with E-state index in [1.807, 2.05) is 18.2 Å². The molecule has 0 atom stereocenters. The molecule has 3 aliphatic carbocycles. The maximum atomic E-state index is 12.5. The summed E-state index contributed by atoms with van der Waals surface area (Å²) in [6.07, 6.45) is 7.62. The fourth-order valence-electron chi connectivity index (χ4n) is 4.59. The molecule has 1 aromatic heterocycles. The summed E-state index contributed by atoms with van der Waals surface area (Å²) in [4.78, 5) is 16.0. The number of nitrogens with zero attached hydrogens (tertiary/aromatic N) is 1. The SMILES string of the molecule is CC(=O)Nc1ccc(C(O)(C2CC2)C2CC2)cc1-c1ccc(S(=O)(=O)CC2CC2)nc1. The first-order valence-electron chi connectivity index (χ1n) is 11.1. The highest BCUT2D eigenvalue weighted by atomic mass is 32.2. The highest BCUT2D eigenvalue weighted by Crippen LogP contribution is 2.57. The zero-order valence-corrected chi connectivity index (χ0v) is 18.5. The van der Waals surface area contributed by atoms with Crippen molar-refractivity contribution in [1.29, 1.82) is 0 Å². The van der Waals surface area contributed by atoms with E-state index in [1.165, 1.54) is 6.92 Å². The van der Waals surface area contributed by atoms with Crippen LogP contribution >= 0.6 is 0 Å². The lowest BCUT2D eigenvalue weighted by Gasteiger charge is -2.30. The molecule has 5 rings (SSSR count). The maximum Gasteiger partial charge on any atom is 0.221 e. The van der Waals surface area contributed by atoms with Gasteiger partial charge in [0.2, 0.25) is 5.91 Å². The average Bonchev–Trinajstić information content (AvgIpc) is 3.57. The van der Waals surface area contributed by atoms with Gasteiger partial charge in [0.15, 0.2) is 14.9 Å². The van der Waals surface area contributed by atoms with Crippen LogP contribution in [0.15, 0.2) is 41.6 Å². The largest absolute Gasteiger partial charge is 0.385 e. The smallest absolute Gasteiger partial charge is 0.221 e. The second kappa shape index (κ2) is 7.41. The van der Waals surface area contributed by atoms with Crippen molar-refractivity contribution in [3.8, 4) is 11.1 Å². The molecule has 7 heteroatoms. The molecule has 6 nitrogen and oxygen atoms in total. The first kappa shape index (κ1) is 20.6. The molecule has 0 aliphatic heterocycles. The fourth-order valence-corrected chi connectivity index (χ4v) is 6.20. The van der Waals surface area contributed by atoms with E-state index in [1.54, 1.807) is 18.3 Å². The fraction of sp³-hybridized carbons (Fsp3) is 0.500. The number of pyridine rings is 1. The van der Waals surface area contributed by atoms with Crippen LogP contribution in [0.2, 0.25) is 0 Å². The van der Waals surface area contributed by atoms with Gasteiger partial charge >= 0.3 is 0 Å². The Morgan fingerprint density at radius 1 is 1.10 bits per heavy atom. The third-order valence-corrected chi connectivity index (χ3v) is 8.50. The molecular formula is C24H28N2O4S. The number of nitrogens with one attached hydrogen (secondary N) is 1. The Labute approximate surface area is 183 Å². The molecule has 164 valence electrons. The summed E-state index contributed by atoms with van der Waals surface area (Å²) < 4.78 is 25.1. The predicted octanol–water partition coefficient (Wildman–Crippen LogP) is 3.90. The van der Waals surface area contributed by atoms with E-state index < -0.39 is 15.4 Å². The zero-order valence-electron chi connectivity index (χ0n) is 17.7. The Hall–Kier alpha value is -2.25. The van der Waals surface area contributed by atoms with E-state index in [-0.39, 0.29) is 34.4 Å². The zero-order chi connectivity index (χ0) is 21.8. The predicted molar refractivity (Wildman–Crippen MR) is 118 cm³/mol. The molecular weight excluding hydrogens is 412 g/mol. The number of hydrogen-bond donors (Lipinski definition) is 2. The molecule has 3 aliphatic rings. The minimum Gasteiger partial charge on any atom is -0.385 e. The van der Waals surface area contributed by atoms with Crippen molar-refractivity contribution >= 4 is 21.4 Å². The maximum absolute atomic E-state index is 12.5. The van der Waals surface area contributed by atoms with Crippen LogP contribution in [0.1, 0.15) is 51.0 Å². The van der Waals surface area contributed by atoms with Gasteiger partial charge in [0.25, 0.3) is 0 Å². The van der Waals surface area contributed by atoms with Crippen molar-refractivity contribution in [2.45, 2.75) is 56.1 Å². The Balaban J connectivity index is 1.52. The molecule has 1 aromatic carbocycles. The van der Waals surface area contributed by atoms with E-state index >= 15 is 0 Å². The van der Waals surface area contributed by atoms with Gasteiger partial charge in [-0.2, -0.15) is 0 Å². The molecule has 3 saturated carbocycles. The molecule has 2 N–H and O–H groups in total. The van der Waals surface area contributed by atoms with Gasteiger partial charge in [-0.3, -0.25) is 4.79 Å². The molecule has 3 fully saturated rings. The Morgan fingerprint density at radius 3 is 2.29 bits per heavy atom. The number of anilines is 1. The third-order valence-electron chi connectivity index (χ3n) is 6.71. The average molecular weight is 441 g/mol. The summed E-state index contributed by atoms with van der Waals surface area (Å²) in [7, 11) is -3.38. The first-order chi connectivity index (χ1) is 14.8. The number of amides is 1. The number of rotatable bonds is 8. The minimum absolute atomic E-state index is 0.0906. The van der Waals surface area contributed by atoms with Crippen LogP contribution in [-0.4, -0.2) is 30.2 Å². The quantitative estimate of drug-likeness (QED) is 0.649. The second-order valence-electron chi connectivity index (χ2n) is 9.43. The van der Waals surface area contributed by atoms with Gasteiger partial charge in [-0.1, -0.05) is 6.07 Å². The monoisotopic (exact) mass is 440 g/mol. The summed E-state index contributed by atoms with van der Waals surface area (Å²) in [5.74, 6) is 0.796. The number of sulfone groups is 1. The lowest BCUT2D eigenvalue weighted by molar-refractivity contribution is -0.114. The molecule has 0 bridgehead atoms. The highest BCUT2D eigenvalue weighted by molar-refractivity contribution is 7.91. The van der Waals surface area contributed by atoms with Gasteiger partial charge in [0, 0.05) is 29.9 Å². The summed E-state index contributed by atoms with van der Waals surface area (Å²) in [6.45, 7) is 1.45. The van der Waals surface area contributed by atoms with Crippen LogP contribution in [0.3, 0.4) is 0 Å². The van der Waals surface area contributed by atoms with Crippen LogP contribution in [-0.2, 0) is 20.2 Å². The molecule has 0 saturated heterocycles. The number of carbonyl (C=O) groups is 1. The van der Waals surface area contributed by atoms with Crippen LogP contribution in [0, 0.1) is 17.8 Å². The summed E-state index contributed by atoms with van der Waals surface area (Å²) in [5.41, 5.74) is 2.12. The lowest BCUT2D eigenvalue weighted by atomic mass is 9.82. The molecule has 0 spiro atoms. The summed E-state index contributed by atoms with van der Waals surface area (Å²) in [6, 6.07) is 8.97.